The zero-order valence-corrected chi connectivity index (χ0v) is 14.5. The number of amides is 1. The molecule has 3 nitrogen and oxygen atoms in total. The molecule has 0 saturated heterocycles. The van der Waals surface area contributed by atoms with Gasteiger partial charge in [-0.1, -0.05) is 40.9 Å². The molecule has 0 aliphatic rings. The highest BCUT2D eigenvalue weighted by Gasteiger charge is 2.15. The molecule has 0 aliphatic carbocycles. The van der Waals surface area contributed by atoms with Crippen LogP contribution in [-0.4, -0.2) is 12.5 Å². The number of hydrogen-bond acceptors (Lipinski definition) is 1. The summed E-state index contributed by atoms with van der Waals surface area (Å²) in [4.78, 5) is 12.0. The number of benzene rings is 2. The topological polar surface area (TPSA) is 45.7 Å². The SMILES string of the molecule is C[C@H]([NH2+]CC(=O)Nc1ccc(F)cc1Cl)c1ccc(Cl)cc1Cl. The third kappa shape index (κ3) is 5.08. The van der Waals surface area contributed by atoms with Crippen molar-refractivity contribution >= 4 is 46.4 Å². The molecule has 0 fully saturated rings. The third-order valence-electron chi connectivity index (χ3n) is 3.32. The summed E-state index contributed by atoms with van der Waals surface area (Å²) in [5, 5.41) is 5.76. The van der Waals surface area contributed by atoms with Crippen LogP contribution in [-0.2, 0) is 4.79 Å². The minimum Gasteiger partial charge on any atom is -0.332 e. The number of anilines is 1. The van der Waals surface area contributed by atoms with E-state index in [2.05, 4.69) is 5.32 Å². The molecule has 0 bridgehead atoms. The zero-order valence-electron chi connectivity index (χ0n) is 12.2. The lowest BCUT2D eigenvalue weighted by Gasteiger charge is -2.13. The molecule has 3 N–H and O–H groups in total. The molecule has 7 heteroatoms. The summed E-state index contributed by atoms with van der Waals surface area (Å²) in [5.41, 5.74) is 1.27. The lowest BCUT2D eigenvalue weighted by molar-refractivity contribution is -0.682. The molecule has 0 radical (unpaired) electrons. The van der Waals surface area contributed by atoms with Crippen molar-refractivity contribution < 1.29 is 14.5 Å². The second-order valence-corrected chi connectivity index (χ2v) is 6.32. The predicted octanol–water partition coefficient (Wildman–Crippen LogP) is 4.05. The van der Waals surface area contributed by atoms with Crippen LogP contribution in [0, 0.1) is 5.82 Å². The number of carbonyl (C=O) groups excluding carboxylic acids is 1. The van der Waals surface area contributed by atoms with Crippen LogP contribution in [0.3, 0.4) is 0 Å². The van der Waals surface area contributed by atoms with E-state index in [1.807, 2.05) is 18.3 Å². The first-order chi connectivity index (χ1) is 10.9. The molecule has 0 saturated carbocycles. The van der Waals surface area contributed by atoms with Gasteiger partial charge in [-0.3, -0.25) is 4.79 Å². The standard InChI is InChI=1S/C16H14Cl3FN2O/c1-9(12-4-2-10(17)6-13(12)18)21-8-16(23)22-15-5-3-11(20)7-14(15)19/h2-7,9,21H,8H2,1H3,(H,22,23)/p+1/t9-/m0/s1. The largest absolute Gasteiger partial charge is 0.332 e. The second-order valence-electron chi connectivity index (χ2n) is 5.07. The van der Waals surface area contributed by atoms with Gasteiger partial charge in [-0.15, -0.1) is 0 Å². The van der Waals surface area contributed by atoms with Crippen LogP contribution in [0.5, 0.6) is 0 Å². The second kappa shape index (κ2) is 7.97. The van der Waals surface area contributed by atoms with Gasteiger partial charge in [0.25, 0.3) is 5.91 Å². The van der Waals surface area contributed by atoms with Gasteiger partial charge < -0.3 is 10.6 Å². The highest BCUT2D eigenvalue weighted by Crippen LogP contribution is 2.24. The van der Waals surface area contributed by atoms with Gasteiger partial charge in [-0.2, -0.15) is 0 Å². The molecule has 2 aromatic rings. The summed E-state index contributed by atoms with van der Waals surface area (Å²) in [6.07, 6.45) is 0. The minimum atomic E-state index is -0.453. The number of carbonyl (C=O) groups is 1. The van der Waals surface area contributed by atoms with Crippen molar-refractivity contribution in [3.63, 3.8) is 0 Å². The third-order valence-corrected chi connectivity index (χ3v) is 4.19. The van der Waals surface area contributed by atoms with Crippen LogP contribution in [0.4, 0.5) is 10.1 Å². The molecule has 0 heterocycles. The Hall–Kier alpha value is -1.33. The maximum atomic E-state index is 13.0. The van der Waals surface area contributed by atoms with Crippen LogP contribution in [0.2, 0.25) is 15.1 Å². The molecule has 23 heavy (non-hydrogen) atoms. The minimum absolute atomic E-state index is 0.0193. The molecule has 0 aromatic heterocycles. The summed E-state index contributed by atoms with van der Waals surface area (Å²) >= 11 is 17.9. The van der Waals surface area contributed by atoms with E-state index in [-0.39, 0.29) is 23.5 Å². The molecular formula is C16H15Cl3FN2O+. The maximum absolute atomic E-state index is 13.0. The fourth-order valence-corrected chi connectivity index (χ4v) is 2.87. The Labute approximate surface area is 148 Å². The van der Waals surface area contributed by atoms with E-state index in [9.17, 15) is 9.18 Å². The van der Waals surface area contributed by atoms with Gasteiger partial charge in [0.2, 0.25) is 0 Å². The Morgan fingerprint density at radius 3 is 2.57 bits per heavy atom. The number of hydrogen-bond donors (Lipinski definition) is 2. The lowest BCUT2D eigenvalue weighted by atomic mass is 10.1. The molecular weight excluding hydrogens is 362 g/mol. The first-order valence-corrected chi connectivity index (χ1v) is 8.03. The number of quaternary nitrogens is 1. The molecule has 1 amide bonds. The normalized spacial score (nSPS) is 12.0. The molecule has 122 valence electrons. The first-order valence-electron chi connectivity index (χ1n) is 6.90. The van der Waals surface area contributed by atoms with Crippen molar-refractivity contribution in [2.45, 2.75) is 13.0 Å². The van der Waals surface area contributed by atoms with E-state index in [0.29, 0.717) is 15.7 Å². The van der Waals surface area contributed by atoms with E-state index in [4.69, 9.17) is 34.8 Å². The van der Waals surface area contributed by atoms with E-state index in [1.54, 1.807) is 12.1 Å². The lowest BCUT2D eigenvalue weighted by Crippen LogP contribution is -2.86. The van der Waals surface area contributed by atoms with Gasteiger partial charge in [-0.05, 0) is 37.3 Å². The van der Waals surface area contributed by atoms with E-state index in [1.165, 1.54) is 12.1 Å². The average molecular weight is 377 g/mol. The molecule has 0 aliphatic heterocycles. The number of rotatable bonds is 5. The smallest absolute Gasteiger partial charge is 0.279 e. The van der Waals surface area contributed by atoms with E-state index < -0.39 is 5.82 Å². The zero-order chi connectivity index (χ0) is 17.0. The fourth-order valence-electron chi connectivity index (χ4n) is 2.07. The van der Waals surface area contributed by atoms with Crippen LogP contribution >= 0.6 is 34.8 Å². The molecule has 2 aromatic carbocycles. The summed E-state index contributed by atoms with van der Waals surface area (Å²) in [6, 6.07) is 9.05. The van der Waals surface area contributed by atoms with Crippen molar-refractivity contribution in [1.82, 2.24) is 0 Å². The predicted molar refractivity (Wildman–Crippen MR) is 91.7 cm³/mol. The fraction of sp³-hybridized carbons (Fsp3) is 0.188. The van der Waals surface area contributed by atoms with Crippen molar-refractivity contribution in [2.24, 2.45) is 0 Å². The van der Waals surface area contributed by atoms with Gasteiger partial charge in [0.05, 0.1) is 15.7 Å². The Morgan fingerprint density at radius 2 is 1.91 bits per heavy atom. The highest BCUT2D eigenvalue weighted by atomic mass is 35.5. The van der Waals surface area contributed by atoms with E-state index >= 15 is 0 Å². The first kappa shape index (κ1) is 18.0. The number of halogens is 4. The molecule has 0 spiro atoms. The van der Waals surface area contributed by atoms with Crippen LogP contribution in [0.15, 0.2) is 36.4 Å². The van der Waals surface area contributed by atoms with Crippen molar-refractivity contribution in [2.75, 3.05) is 11.9 Å². The van der Waals surface area contributed by atoms with Crippen molar-refractivity contribution in [3.05, 3.63) is 62.8 Å². The molecule has 0 unspecified atom stereocenters. The van der Waals surface area contributed by atoms with E-state index in [0.717, 1.165) is 11.6 Å². The van der Waals surface area contributed by atoms with Gasteiger partial charge >= 0.3 is 0 Å². The van der Waals surface area contributed by atoms with Crippen molar-refractivity contribution in [3.8, 4) is 0 Å². The van der Waals surface area contributed by atoms with Gasteiger partial charge in [-0.25, -0.2) is 4.39 Å². The molecule has 1 atom stereocenters. The van der Waals surface area contributed by atoms with Gasteiger partial charge in [0.15, 0.2) is 6.54 Å². The Morgan fingerprint density at radius 1 is 1.17 bits per heavy atom. The van der Waals surface area contributed by atoms with Crippen LogP contribution in [0.1, 0.15) is 18.5 Å². The van der Waals surface area contributed by atoms with Crippen LogP contribution in [0.25, 0.3) is 0 Å². The number of nitrogens with two attached hydrogens (primary N) is 1. The van der Waals surface area contributed by atoms with Crippen LogP contribution < -0.4 is 10.6 Å². The average Bonchev–Trinajstić information content (AvgIpc) is 2.48. The highest BCUT2D eigenvalue weighted by molar-refractivity contribution is 6.35. The number of nitrogens with one attached hydrogen (secondary N) is 1. The monoisotopic (exact) mass is 375 g/mol. The maximum Gasteiger partial charge on any atom is 0.279 e. The Kier molecular flexibility index (Phi) is 6.25. The summed E-state index contributed by atoms with van der Waals surface area (Å²) in [5.74, 6) is -0.694. The molecule has 2 rings (SSSR count). The van der Waals surface area contributed by atoms with Gasteiger partial charge in [0, 0.05) is 10.6 Å². The Balaban J connectivity index is 1.93. The van der Waals surface area contributed by atoms with Gasteiger partial charge in [0.1, 0.15) is 11.9 Å². The Bertz CT molecular complexity index is 724. The summed E-state index contributed by atoms with van der Waals surface area (Å²) in [7, 11) is 0. The summed E-state index contributed by atoms with van der Waals surface area (Å²) in [6.45, 7) is 2.11. The quantitative estimate of drug-likeness (QED) is 0.812. The summed E-state index contributed by atoms with van der Waals surface area (Å²) < 4.78 is 13.0. The van der Waals surface area contributed by atoms with Crippen molar-refractivity contribution in [1.29, 1.82) is 0 Å².